The number of urea groups is 1. The molecule has 2 amide bonds. The van der Waals surface area contributed by atoms with Crippen LogP contribution >= 0.6 is 15.9 Å². The van der Waals surface area contributed by atoms with E-state index in [1.54, 1.807) is 19.4 Å². The highest BCUT2D eigenvalue weighted by Crippen LogP contribution is 2.20. The van der Waals surface area contributed by atoms with Crippen molar-refractivity contribution in [3.63, 3.8) is 0 Å². The molecule has 0 saturated carbocycles. The summed E-state index contributed by atoms with van der Waals surface area (Å²) in [4.78, 5) is 16.4. The van der Waals surface area contributed by atoms with Crippen LogP contribution in [0.5, 0.6) is 0 Å². The lowest BCUT2D eigenvalue weighted by Crippen LogP contribution is -2.30. The van der Waals surface area contributed by atoms with Crippen LogP contribution in [0.2, 0.25) is 0 Å². The molecule has 0 unspecified atom stereocenters. The Balaban J connectivity index is 1.60. The number of rotatable bonds is 7. The van der Waals surface area contributed by atoms with Gasteiger partial charge in [0.05, 0.1) is 12.3 Å². The van der Waals surface area contributed by atoms with Gasteiger partial charge < -0.3 is 19.9 Å². The monoisotopic (exact) mass is 434 g/mol. The molecule has 1 aromatic carbocycles. The summed E-state index contributed by atoms with van der Waals surface area (Å²) in [5, 5.41) is 6.32. The quantitative estimate of drug-likeness (QED) is 0.591. The Kier molecular flexibility index (Phi) is 6.41. The van der Waals surface area contributed by atoms with Gasteiger partial charge in [-0.15, -0.1) is 0 Å². The number of carbonyl (C=O) groups is 1. The third kappa shape index (κ3) is 4.84. The number of methoxy groups -OCH3 is 1. The van der Waals surface area contributed by atoms with Crippen LogP contribution in [0.1, 0.15) is 5.56 Å². The molecule has 2 aromatic heterocycles. The van der Waals surface area contributed by atoms with Crippen LogP contribution in [0.4, 0.5) is 14.9 Å². The first-order valence-corrected chi connectivity index (χ1v) is 9.29. The van der Waals surface area contributed by atoms with E-state index in [0.29, 0.717) is 30.6 Å². The van der Waals surface area contributed by atoms with E-state index in [-0.39, 0.29) is 5.69 Å². The van der Waals surface area contributed by atoms with Gasteiger partial charge in [0.15, 0.2) is 0 Å². The number of nitrogens with one attached hydrogen (secondary N) is 2. The number of carbonyl (C=O) groups excluding carboxylic acids is 1. The number of hydrogen-bond acceptors (Lipinski definition) is 3. The van der Waals surface area contributed by atoms with E-state index in [0.717, 1.165) is 16.6 Å². The Labute approximate surface area is 164 Å². The highest BCUT2D eigenvalue weighted by molar-refractivity contribution is 9.10. The largest absolute Gasteiger partial charge is 0.383 e. The van der Waals surface area contributed by atoms with Crippen molar-refractivity contribution in [1.29, 1.82) is 0 Å². The SMILES string of the molecule is COCCn1cc(CCNC(=O)Nc2ccc(Br)cc2F)c2cccnc21. The van der Waals surface area contributed by atoms with Crippen molar-refractivity contribution in [2.75, 3.05) is 25.6 Å². The number of pyridine rings is 1. The number of fused-ring (bicyclic) bond motifs is 1. The Morgan fingerprint density at radius 3 is 3.00 bits per heavy atom. The van der Waals surface area contributed by atoms with Gasteiger partial charge in [-0.1, -0.05) is 15.9 Å². The highest BCUT2D eigenvalue weighted by Gasteiger charge is 2.10. The second-order valence-corrected chi connectivity index (χ2v) is 6.89. The molecule has 0 aliphatic carbocycles. The molecular weight excluding hydrogens is 415 g/mol. The van der Waals surface area contributed by atoms with E-state index in [1.807, 2.05) is 22.9 Å². The van der Waals surface area contributed by atoms with Crippen LogP contribution < -0.4 is 10.6 Å². The first-order chi connectivity index (χ1) is 13.1. The van der Waals surface area contributed by atoms with Crippen molar-refractivity contribution in [3.05, 3.63) is 58.6 Å². The van der Waals surface area contributed by atoms with Gasteiger partial charge in [0, 0.05) is 42.5 Å². The Bertz CT molecular complexity index is 945. The highest BCUT2D eigenvalue weighted by atomic mass is 79.9. The fourth-order valence-corrected chi connectivity index (χ4v) is 3.16. The minimum Gasteiger partial charge on any atom is -0.383 e. The van der Waals surface area contributed by atoms with Gasteiger partial charge >= 0.3 is 6.03 Å². The molecule has 0 aliphatic heterocycles. The number of amides is 2. The molecule has 2 heterocycles. The van der Waals surface area contributed by atoms with E-state index in [2.05, 4.69) is 31.5 Å². The maximum Gasteiger partial charge on any atom is 0.319 e. The lowest BCUT2D eigenvalue weighted by Gasteiger charge is -2.08. The maximum atomic E-state index is 13.8. The first kappa shape index (κ1) is 19.3. The van der Waals surface area contributed by atoms with Gasteiger partial charge in [-0.25, -0.2) is 14.2 Å². The topological polar surface area (TPSA) is 68.2 Å². The lowest BCUT2D eigenvalue weighted by atomic mass is 10.1. The predicted octanol–water partition coefficient (Wildman–Crippen LogP) is 3.95. The van der Waals surface area contributed by atoms with Gasteiger partial charge in [0.1, 0.15) is 11.5 Å². The maximum absolute atomic E-state index is 13.8. The van der Waals surface area contributed by atoms with Gasteiger partial charge in [0.2, 0.25) is 0 Å². The number of ether oxygens (including phenoxy) is 1. The fourth-order valence-electron chi connectivity index (χ4n) is 2.82. The summed E-state index contributed by atoms with van der Waals surface area (Å²) in [5.74, 6) is -0.494. The zero-order valence-corrected chi connectivity index (χ0v) is 16.4. The molecule has 0 fully saturated rings. The number of nitrogens with zero attached hydrogens (tertiary/aromatic N) is 2. The molecule has 3 aromatic rings. The standard InChI is InChI=1S/C19H20BrFN4O2/c1-27-10-9-25-12-13(15-3-2-7-22-18(15)25)6-8-23-19(26)24-17-5-4-14(20)11-16(17)21/h2-5,7,11-12H,6,8-10H2,1H3,(H2,23,24,26). The molecule has 27 heavy (non-hydrogen) atoms. The minimum absolute atomic E-state index is 0.135. The van der Waals surface area contributed by atoms with Crippen LogP contribution in [0, 0.1) is 5.82 Å². The van der Waals surface area contributed by atoms with E-state index >= 15 is 0 Å². The molecule has 8 heteroatoms. The van der Waals surface area contributed by atoms with E-state index < -0.39 is 11.8 Å². The number of benzene rings is 1. The van der Waals surface area contributed by atoms with Crippen molar-refractivity contribution in [1.82, 2.24) is 14.9 Å². The second-order valence-electron chi connectivity index (χ2n) is 5.97. The molecule has 0 atom stereocenters. The number of anilines is 1. The zero-order chi connectivity index (χ0) is 19.2. The lowest BCUT2D eigenvalue weighted by molar-refractivity contribution is 0.188. The average Bonchev–Trinajstić information content (AvgIpc) is 3.00. The average molecular weight is 435 g/mol. The molecule has 3 rings (SSSR count). The predicted molar refractivity (Wildman–Crippen MR) is 106 cm³/mol. The molecule has 6 nitrogen and oxygen atoms in total. The van der Waals surface area contributed by atoms with E-state index in [1.165, 1.54) is 12.1 Å². The minimum atomic E-state index is -0.494. The smallest absolute Gasteiger partial charge is 0.319 e. The third-order valence-electron chi connectivity index (χ3n) is 4.11. The van der Waals surface area contributed by atoms with E-state index in [9.17, 15) is 9.18 Å². The molecule has 0 spiro atoms. The third-order valence-corrected chi connectivity index (χ3v) is 4.61. The summed E-state index contributed by atoms with van der Waals surface area (Å²) >= 11 is 3.18. The number of hydrogen-bond donors (Lipinski definition) is 2. The summed E-state index contributed by atoms with van der Waals surface area (Å²) in [6, 6.07) is 7.94. The molecule has 0 saturated heterocycles. The normalized spacial score (nSPS) is 10.9. The van der Waals surface area contributed by atoms with Crippen LogP contribution in [-0.4, -0.2) is 35.8 Å². The van der Waals surface area contributed by atoms with Crippen LogP contribution in [0.15, 0.2) is 47.2 Å². The van der Waals surface area contributed by atoms with Crippen molar-refractivity contribution in [3.8, 4) is 0 Å². The van der Waals surface area contributed by atoms with Gasteiger partial charge in [-0.05, 0) is 42.3 Å². The summed E-state index contributed by atoms with van der Waals surface area (Å²) in [6.45, 7) is 1.72. The Hall–Kier alpha value is -2.45. The second kappa shape index (κ2) is 8.96. The summed E-state index contributed by atoms with van der Waals surface area (Å²) < 4.78 is 21.6. The van der Waals surface area contributed by atoms with Crippen LogP contribution in [-0.2, 0) is 17.7 Å². The van der Waals surface area contributed by atoms with Crippen molar-refractivity contribution >= 4 is 38.7 Å². The van der Waals surface area contributed by atoms with Crippen LogP contribution in [0.25, 0.3) is 11.0 Å². The summed E-state index contributed by atoms with van der Waals surface area (Å²) in [5.41, 5.74) is 2.12. The van der Waals surface area contributed by atoms with Crippen LogP contribution in [0.3, 0.4) is 0 Å². The first-order valence-electron chi connectivity index (χ1n) is 8.50. The van der Waals surface area contributed by atoms with E-state index in [4.69, 9.17) is 4.74 Å². The van der Waals surface area contributed by atoms with Crippen molar-refractivity contribution < 1.29 is 13.9 Å². The fraction of sp³-hybridized carbons (Fsp3) is 0.263. The molecule has 0 aliphatic rings. The molecule has 142 valence electrons. The molecular formula is C19H20BrFN4O2. The van der Waals surface area contributed by atoms with Gasteiger partial charge in [-0.2, -0.15) is 0 Å². The molecule has 0 bridgehead atoms. The Morgan fingerprint density at radius 1 is 1.37 bits per heavy atom. The molecule has 0 radical (unpaired) electrons. The number of aromatic nitrogens is 2. The molecule has 2 N–H and O–H groups in total. The Morgan fingerprint density at radius 2 is 2.22 bits per heavy atom. The summed E-state index contributed by atoms with van der Waals surface area (Å²) in [6.07, 6.45) is 4.43. The number of halogens is 2. The zero-order valence-electron chi connectivity index (χ0n) is 14.8. The van der Waals surface area contributed by atoms with Crippen molar-refractivity contribution in [2.24, 2.45) is 0 Å². The summed E-state index contributed by atoms with van der Waals surface area (Å²) in [7, 11) is 1.66. The van der Waals surface area contributed by atoms with Gasteiger partial charge in [0.25, 0.3) is 0 Å². The van der Waals surface area contributed by atoms with Crippen molar-refractivity contribution in [2.45, 2.75) is 13.0 Å². The van der Waals surface area contributed by atoms with Gasteiger partial charge in [-0.3, -0.25) is 0 Å².